The molecule has 26 heavy (non-hydrogen) atoms. The summed E-state index contributed by atoms with van der Waals surface area (Å²) in [7, 11) is -3.94. The number of aryl methyl sites for hydroxylation is 1. The van der Waals surface area contributed by atoms with Crippen LogP contribution in [0.15, 0.2) is 64.5 Å². The number of aliphatic imine (C=N–C) groups is 1. The Kier molecular flexibility index (Phi) is 4.48. The number of rotatable bonds is 4. The van der Waals surface area contributed by atoms with E-state index in [0.717, 1.165) is 5.56 Å². The minimum absolute atomic E-state index is 0.149. The largest absolute Gasteiger partial charge is 0.298 e. The number of hydrogen-bond donors (Lipinski definition) is 0. The molecule has 1 aliphatic heterocycles. The van der Waals surface area contributed by atoms with E-state index in [0.29, 0.717) is 11.4 Å². The van der Waals surface area contributed by atoms with Gasteiger partial charge < -0.3 is 0 Å². The molecule has 0 spiro atoms. The van der Waals surface area contributed by atoms with E-state index in [9.17, 15) is 13.2 Å². The summed E-state index contributed by atoms with van der Waals surface area (Å²) in [4.78, 5) is 17.2. The molecule has 0 N–H and O–H groups in total. The van der Waals surface area contributed by atoms with Crippen LogP contribution in [0.5, 0.6) is 0 Å². The fourth-order valence-electron chi connectivity index (χ4n) is 3.31. The molecule has 136 valence electrons. The van der Waals surface area contributed by atoms with Crippen LogP contribution in [0.25, 0.3) is 0 Å². The van der Waals surface area contributed by atoms with E-state index < -0.39 is 21.6 Å². The molecule has 2 aromatic carbocycles. The van der Waals surface area contributed by atoms with Crippen LogP contribution < -0.4 is 0 Å². The quantitative estimate of drug-likeness (QED) is 0.830. The number of hydrogen-bond acceptors (Lipinski definition) is 4. The number of benzene rings is 2. The van der Waals surface area contributed by atoms with Gasteiger partial charge in [0.1, 0.15) is 11.9 Å². The van der Waals surface area contributed by atoms with Crippen molar-refractivity contribution in [1.82, 2.24) is 4.31 Å². The van der Waals surface area contributed by atoms with Crippen molar-refractivity contribution in [3.63, 3.8) is 0 Å². The zero-order valence-electron chi connectivity index (χ0n) is 15.3. The first-order chi connectivity index (χ1) is 12.1. The second-order valence-electron chi connectivity index (χ2n) is 7.08. The predicted molar refractivity (Wildman–Crippen MR) is 102 cm³/mol. The Hall–Kier alpha value is -2.47. The van der Waals surface area contributed by atoms with Crippen molar-refractivity contribution in [3.05, 3.63) is 65.7 Å². The fraction of sp³-hybridized carbons (Fsp3) is 0.300. The van der Waals surface area contributed by atoms with E-state index in [1.807, 2.05) is 25.1 Å². The highest BCUT2D eigenvalue weighted by Gasteiger charge is 2.50. The van der Waals surface area contributed by atoms with Crippen LogP contribution in [0, 0.1) is 6.92 Å². The van der Waals surface area contributed by atoms with E-state index in [2.05, 4.69) is 4.99 Å². The number of amidine groups is 1. The molecule has 1 atom stereocenters. The van der Waals surface area contributed by atoms with Gasteiger partial charge in [-0.25, -0.2) is 12.7 Å². The number of carbonyl (C=O) groups is 1. The SMILES string of the molecule is CC(=O)C1N(S(=O)(=O)c2ccc(C)cc2)C(c2ccccc2)=NC1(C)C. The van der Waals surface area contributed by atoms with Gasteiger partial charge in [0.25, 0.3) is 10.0 Å². The van der Waals surface area contributed by atoms with Crippen molar-refractivity contribution in [2.45, 2.75) is 44.2 Å². The van der Waals surface area contributed by atoms with E-state index in [4.69, 9.17) is 0 Å². The molecule has 0 amide bonds. The molecule has 0 radical (unpaired) electrons. The van der Waals surface area contributed by atoms with Gasteiger partial charge >= 0.3 is 0 Å². The van der Waals surface area contributed by atoms with Crippen LogP contribution in [0.2, 0.25) is 0 Å². The molecule has 1 heterocycles. The first-order valence-electron chi connectivity index (χ1n) is 8.41. The van der Waals surface area contributed by atoms with Crippen LogP contribution in [0.3, 0.4) is 0 Å². The van der Waals surface area contributed by atoms with Gasteiger partial charge in [-0.1, -0.05) is 48.0 Å². The zero-order valence-corrected chi connectivity index (χ0v) is 16.1. The lowest BCUT2D eigenvalue weighted by atomic mass is 9.94. The summed E-state index contributed by atoms with van der Waals surface area (Å²) in [6, 6.07) is 14.8. The molecule has 0 bridgehead atoms. The van der Waals surface area contributed by atoms with Crippen molar-refractivity contribution < 1.29 is 13.2 Å². The lowest BCUT2D eigenvalue weighted by Gasteiger charge is -2.31. The molecular formula is C20H22N2O3S. The summed E-state index contributed by atoms with van der Waals surface area (Å²) >= 11 is 0. The van der Waals surface area contributed by atoms with Crippen molar-refractivity contribution in [2.75, 3.05) is 0 Å². The number of carbonyl (C=O) groups excluding carboxylic acids is 1. The van der Waals surface area contributed by atoms with Crippen LogP contribution in [0.4, 0.5) is 0 Å². The van der Waals surface area contributed by atoms with Gasteiger partial charge in [0, 0.05) is 5.56 Å². The normalized spacial score (nSPS) is 19.3. The Labute approximate surface area is 154 Å². The Balaban J connectivity index is 2.21. The van der Waals surface area contributed by atoms with Crippen LogP contribution >= 0.6 is 0 Å². The average molecular weight is 370 g/mol. The molecule has 6 heteroatoms. The first kappa shape index (κ1) is 18.3. The van der Waals surface area contributed by atoms with Gasteiger partial charge in [-0.3, -0.25) is 9.79 Å². The second-order valence-corrected chi connectivity index (χ2v) is 8.90. The van der Waals surface area contributed by atoms with E-state index in [1.165, 1.54) is 11.2 Å². The number of sulfonamides is 1. The van der Waals surface area contributed by atoms with Crippen molar-refractivity contribution in [3.8, 4) is 0 Å². The molecule has 0 fully saturated rings. The summed E-state index contributed by atoms with van der Waals surface area (Å²) < 4.78 is 28.0. The topological polar surface area (TPSA) is 66.8 Å². The third-order valence-electron chi connectivity index (χ3n) is 4.50. The Morgan fingerprint density at radius 2 is 1.62 bits per heavy atom. The van der Waals surface area contributed by atoms with Gasteiger partial charge in [0.15, 0.2) is 5.78 Å². The second kappa shape index (κ2) is 6.36. The van der Waals surface area contributed by atoms with Gasteiger partial charge in [-0.2, -0.15) is 0 Å². The lowest BCUT2D eigenvalue weighted by Crippen LogP contribution is -2.51. The monoisotopic (exact) mass is 370 g/mol. The number of ketones is 1. The van der Waals surface area contributed by atoms with Gasteiger partial charge in [0.2, 0.25) is 0 Å². The van der Waals surface area contributed by atoms with Gasteiger partial charge in [0.05, 0.1) is 10.4 Å². The van der Waals surface area contributed by atoms with E-state index in [-0.39, 0.29) is 10.7 Å². The maximum Gasteiger partial charge on any atom is 0.266 e. The summed E-state index contributed by atoms with van der Waals surface area (Å²) in [5.74, 6) is 0.0664. The van der Waals surface area contributed by atoms with E-state index >= 15 is 0 Å². The van der Waals surface area contributed by atoms with Crippen LogP contribution in [-0.2, 0) is 14.8 Å². The highest BCUT2D eigenvalue weighted by atomic mass is 32.2. The highest BCUT2D eigenvalue weighted by Crippen LogP contribution is 2.35. The highest BCUT2D eigenvalue weighted by molar-refractivity contribution is 7.89. The third kappa shape index (κ3) is 3.05. The smallest absolute Gasteiger partial charge is 0.266 e. The van der Waals surface area contributed by atoms with Crippen molar-refractivity contribution in [1.29, 1.82) is 0 Å². The zero-order chi connectivity index (χ0) is 19.1. The molecule has 1 unspecified atom stereocenters. The maximum absolute atomic E-state index is 13.4. The number of Topliss-reactive ketones (excluding diaryl/α,β-unsaturated/α-hetero) is 1. The Morgan fingerprint density at radius 1 is 1.04 bits per heavy atom. The fourth-order valence-corrected chi connectivity index (χ4v) is 5.08. The molecule has 0 aromatic heterocycles. The molecule has 0 saturated carbocycles. The van der Waals surface area contributed by atoms with Crippen molar-refractivity contribution >= 4 is 21.6 Å². The summed E-state index contributed by atoms with van der Waals surface area (Å²) in [5.41, 5.74) is 0.778. The van der Waals surface area contributed by atoms with Crippen molar-refractivity contribution in [2.24, 2.45) is 4.99 Å². The third-order valence-corrected chi connectivity index (χ3v) is 6.27. The lowest BCUT2D eigenvalue weighted by molar-refractivity contribution is -0.120. The Bertz CT molecular complexity index is 962. The number of nitrogens with zero attached hydrogens (tertiary/aromatic N) is 2. The average Bonchev–Trinajstić information content (AvgIpc) is 2.88. The summed E-state index contributed by atoms with van der Waals surface area (Å²) in [5, 5.41) is 0. The van der Waals surface area contributed by atoms with Gasteiger partial charge in [-0.05, 0) is 39.8 Å². The van der Waals surface area contributed by atoms with Crippen LogP contribution in [0.1, 0.15) is 31.9 Å². The Morgan fingerprint density at radius 3 is 2.15 bits per heavy atom. The molecule has 3 rings (SSSR count). The minimum atomic E-state index is -3.94. The van der Waals surface area contributed by atoms with Gasteiger partial charge in [-0.15, -0.1) is 0 Å². The van der Waals surface area contributed by atoms with E-state index in [1.54, 1.807) is 50.2 Å². The molecule has 0 saturated heterocycles. The summed E-state index contributed by atoms with van der Waals surface area (Å²) in [6.45, 7) is 6.87. The maximum atomic E-state index is 13.4. The predicted octanol–water partition coefficient (Wildman–Crippen LogP) is 3.18. The molecule has 5 nitrogen and oxygen atoms in total. The standard InChI is InChI=1S/C20H22N2O3S/c1-14-10-12-17(13-11-14)26(24,25)22-18(15(2)23)20(3,4)21-19(22)16-8-6-5-7-9-16/h5-13,18H,1-4H3. The minimum Gasteiger partial charge on any atom is -0.298 e. The molecule has 1 aliphatic rings. The van der Waals surface area contributed by atoms with Crippen LogP contribution in [-0.4, -0.2) is 35.9 Å². The molecule has 2 aromatic rings. The molecule has 0 aliphatic carbocycles. The first-order valence-corrected chi connectivity index (χ1v) is 9.85. The summed E-state index contributed by atoms with van der Waals surface area (Å²) in [6.07, 6.45) is 0. The molecular weight excluding hydrogens is 348 g/mol.